The van der Waals surface area contributed by atoms with Crippen LogP contribution in [0.2, 0.25) is 5.15 Å². The van der Waals surface area contributed by atoms with Gasteiger partial charge in [0.1, 0.15) is 17.0 Å². The predicted octanol–water partition coefficient (Wildman–Crippen LogP) is 2.72. The van der Waals surface area contributed by atoms with Crippen molar-refractivity contribution < 1.29 is 4.79 Å². The smallest absolute Gasteiger partial charge is 0.240 e. The lowest BCUT2D eigenvalue weighted by atomic mass is 10.0. The van der Waals surface area contributed by atoms with Crippen molar-refractivity contribution in [1.82, 2.24) is 9.97 Å². The summed E-state index contributed by atoms with van der Waals surface area (Å²) in [5, 5.41) is 3.32. The molecule has 1 heterocycles. The zero-order chi connectivity index (χ0) is 15.4. The molecule has 1 atom stereocenters. The van der Waals surface area contributed by atoms with Crippen LogP contribution in [0.1, 0.15) is 13.8 Å². The number of hydrogen-bond acceptors (Lipinski definition) is 4. The molecule has 110 valence electrons. The van der Waals surface area contributed by atoms with Crippen LogP contribution in [0.25, 0.3) is 11.4 Å². The van der Waals surface area contributed by atoms with E-state index in [-0.39, 0.29) is 5.92 Å². The Labute approximate surface area is 128 Å². The summed E-state index contributed by atoms with van der Waals surface area (Å²) < 4.78 is 0. The molecule has 5 nitrogen and oxygen atoms in total. The number of aromatic nitrogens is 2. The fraction of sp³-hybridized carbons (Fsp3) is 0.267. The third-order valence-electron chi connectivity index (χ3n) is 3.00. The summed E-state index contributed by atoms with van der Waals surface area (Å²) in [5.74, 6) is 0.585. The van der Waals surface area contributed by atoms with E-state index < -0.39 is 11.9 Å². The van der Waals surface area contributed by atoms with E-state index in [1.54, 1.807) is 6.07 Å². The number of carbonyl (C=O) groups excluding carboxylic acids is 1. The van der Waals surface area contributed by atoms with E-state index in [2.05, 4.69) is 15.3 Å². The first kappa shape index (κ1) is 15.3. The SMILES string of the molecule is CC(C)C(Nc1cc(Cl)nc(-c2ccccc2)n1)C(N)=O. The molecule has 2 aromatic rings. The number of hydrogen-bond donors (Lipinski definition) is 2. The molecule has 0 saturated carbocycles. The molecule has 0 radical (unpaired) electrons. The van der Waals surface area contributed by atoms with Gasteiger partial charge in [-0.1, -0.05) is 55.8 Å². The van der Waals surface area contributed by atoms with Gasteiger partial charge in [-0.2, -0.15) is 0 Å². The van der Waals surface area contributed by atoms with Crippen molar-refractivity contribution in [2.45, 2.75) is 19.9 Å². The second kappa shape index (κ2) is 6.54. The maximum Gasteiger partial charge on any atom is 0.240 e. The van der Waals surface area contributed by atoms with Crippen LogP contribution < -0.4 is 11.1 Å². The number of anilines is 1. The van der Waals surface area contributed by atoms with Crippen LogP contribution in [0.5, 0.6) is 0 Å². The van der Waals surface area contributed by atoms with Gasteiger partial charge in [-0.05, 0) is 5.92 Å². The Morgan fingerprint density at radius 2 is 1.90 bits per heavy atom. The van der Waals surface area contributed by atoms with Crippen molar-refractivity contribution in [2.24, 2.45) is 11.7 Å². The lowest BCUT2D eigenvalue weighted by Crippen LogP contribution is -2.39. The number of benzene rings is 1. The van der Waals surface area contributed by atoms with Gasteiger partial charge in [-0.15, -0.1) is 0 Å². The van der Waals surface area contributed by atoms with Gasteiger partial charge in [0.2, 0.25) is 5.91 Å². The van der Waals surface area contributed by atoms with Crippen molar-refractivity contribution in [1.29, 1.82) is 0 Å². The Morgan fingerprint density at radius 1 is 1.24 bits per heavy atom. The van der Waals surface area contributed by atoms with E-state index in [1.165, 1.54) is 0 Å². The van der Waals surface area contributed by atoms with E-state index in [9.17, 15) is 4.79 Å². The zero-order valence-corrected chi connectivity index (χ0v) is 12.6. The van der Waals surface area contributed by atoms with Crippen LogP contribution in [0.4, 0.5) is 5.82 Å². The summed E-state index contributed by atoms with van der Waals surface area (Å²) in [4.78, 5) is 20.1. The summed E-state index contributed by atoms with van der Waals surface area (Å²) in [6.07, 6.45) is 0. The standard InChI is InChI=1S/C15H17ClN4O/c1-9(2)13(14(17)21)19-12-8-11(16)18-15(20-12)10-6-4-3-5-7-10/h3-9,13H,1-2H3,(H2,17,21)(H,18,19,20). The summed E-state index contributed by atoms with van der Waals surface area (Å²) >= 11 is 6.04. The van der Waals surface area contributed by atoms with Gasteiger partial charge < -0.3 is 11.1 Å². The number of nitrogens with one attached hydrogen (secondary N) is 1. The Hall–Kier alpha value is -2.14. The maximum atomic E-state index is 11.5. The minimum Gasteiger partial charge on any atom is -0.368 e. The highest BCUT2D eigenvalue weighted by molar-refractivity contribution is 6.29. The second-order valence-corrected chi connectivity index (χ2v) is 5.42. The fourth-order valence-electron chi connectivity index (χ4n) is 1.93. The molecular formula is C15H17ClN4O. The first-order valence-electron chi connectivity index (χ1n) is 6.63. The second-order valence-electron chi connectivity index (χ2n) is 5.03. The van der Waals surface area contributed by atoms with Crippen LogP contribution in [0.3, 0.4) is 0 Å². The van der Waals surface area contributed by atoms with Gasteiger partial charge in [0.25, 0.3) is 0 Å². The fourth-order valence-corrected chi connectivity index (χ4v) is 2.12. The van der Waals surface area contributed by atoms with Crippen molar-refractivity contribution >= 4 is 23.3 Å². The van der Waals surface area contributed by atoms with Gasteiger partial charge >= 0.3 is 0 Å². The highest BCUT2D eigenvalue weighted by Gasteiger charge is 2.20. The number of amides is 1. The summed E-state index contributed by atoms with van der Waals surface area (Å²) in [6.45, 7) is 3.81. The van der Waals surface area contributed by atoms with Crippen LogP contribution in [0.15, 0.2) is 36.4 Å². The Morgan fingerprint density at radius 3 is 2.48 bits per heavy atom. The highest BCUT2D eigenvalue weighted by Crippen LogP contribution is 2.21. The van der Waals surface area contributed by atoms with E-state index in [0.29, 0.717) is 16.8 Å². The molecule has 1 unspecified atom stereocenters. The van der Waals surface area contributed by atoms with Gasteiger partial charge in [-0.25, -0.2) is 9.97 Å². The maximum absolute atomic E-state index is 11.5. The van der Waals surface area contributed by atoms with Crippen LogP contribution in [-0.2, 0) is 4.79 Å². The largest absolute Gasteiger partial charge is 0.368 e. The van der Waals surface area contributed by atoms with Gasteiger partial charge in [0.15, 0.2) is 5.82 Å². The Kier molecular flexibility index (Phi) is 4.75. The number of halogens is 1. The van der Waals surface area contributed by atoms with E-state index >= 15 is 0 Å². The number of carbonyl (C=O) groups is 1. The molecule has 21 heavy (non-hydrogen) atoms. The number of nitrogens with zero attached hydrogens (tertiary/aromatic N) is 2. The van der Waals surface area contributed by atoms with E-state index in [4.69, 9.17) is 17.3 Å². The molecule has 0 fully saturated rings. The lowest BCUT2D eigenvalue weighted by molar-refractivity contribution is -0.119. The monoisotopic (exact) mass is 304 g/mol. The molecule has 6 heteroatoms. The quantitative estimate of drug-likeness (QED) is 0.832. The molecule has 0 bridgehead atoms. The first-order valence-corrected chi connectivity index (χ1v) is 7.01. The molecule has 1 amide bonds. The molecule has 1 aromatic carbocycles. The number of primary amides is 1. The van der Waals surface area contributed by atoms with Crippen LogP contribution in [0, 0.1) is 5.92 Å². The summed E-state index contributed by atoms with van der Waals surface area (Å²) in [5.41, 5.74) is 6.25. The van der Waals surface area contributed by atoms with E-state index in [1.807, 2.05) is 44.2 Å². The molecule has 2 rings (SSSR count). The minimum absolute atomic E-state index is 0.0383. The van der Waals surface area contributed by atoms with Crippen molar-refractivity contribution in [2.75, 3.05) is 5.32 Å². The van der Waals surface area contributed by atoms with Crippen LogP contribution >= 0.6 is 11.6 Å². The molecule has 0 spiro atoms. The topological polar surface area (TPSA) is 80.9 Å². The van der Waals surface area contributed by atoms with Crippen molar-refractivity contribution in [3.8, 4) is 11.4 Å². The molecule has 0 aliphatic carbocycles. The predicted molar refractivity (Wildman–Crippen MR) is 83.9 cm³/mol. The summed E-state index contributed by atoms with van der Waals surface area (Å²) in [7, 11) is 0. The van der Waals surface area contributed by atoms with Gasteiger partial charge in [-0.3, -0.25) is 4.79 Å². The summed E-state index contributed by atoms with van der Waals surface area (Å²) in [6, 6.07) is 10.5. The molecule has 0 aliphatic rings. The van der Waals surface area contributed by atoms with Crippen molar-refractivity contribution in [3.05, 3.63) is 41.6 Å². The normalized spacial score (nSPS) is 12.2. The first-order chi connectivity index (χ1) is 9.97. The molecule has 0 aliphatic heterocycles. The van der Waals surface area contributed by atoms with Gasteiger partial charge in [0.05, 0.1) is 0 Å². The number of nitrogens with two attached hydrogens (primary N) is 1. The minimum atomic E-state index is -0.514. The number of rotatable bonds is 5. The van der Waals surface area contributed by atoms with E-state index in [0.717, 1.165) is 5.56 Å². The zero-order valence-electron chi connectivity index (χ0n) is 11.9. The highest BCUT2D eigenvalue weighted by atomic mass is 35.5. The Balaban J connectivity index is 2.33. The molecule has 1 aromatic heterocycles. The lowest BCUT2D eigenvalue weighted by Gasteiger charge is -2.19. The van der Waals surface area contributed by atoms with Gasteiger partial charge in [0, 0.05) is 11.6 Å². The average Bonchev–Trinajstić information content (AvgIpc) is 2.44. The molecule has 3 N–H and O–H groups in total. The average molecular weight is 305 g/mol. The third kappa shape index (κ3) is 3.92. The molecular weight excluding hydrogens is 288 g/mol. The molecule has 0 saturated heterocycles. The Bertz CT molecular complexity index is 631. The van der Waals surface area contributed by atoms with Crippen molar-refractivity contribution in [3.63, 3.8) is 0 Å². The van der Waals surface area contributed by atoms with Crippen LogP contribution in [-0.4, -0.2) is 21.9 Å². The third-order valence-corrected chi connectivity index (χ3v) is 3.20.